The van der Waals surface area contributed by atoms with E-state index in [1.54, 1.807) is 12.4 Å². The number of rotatable bonds is 4. The van der Waals surface area contributed by atoms with Crippen molar-refractivity contribution in [3.05, 3.63) is 35.9 Å². The molecule has 6 heteroatoms. The Morgan fingerprint density at radius 2 is 1.77 bits per heavy atom. The molecular weight excluding hydrogens is 276 g/mol. The average Bonchev–Trinajstić information content (AvgIpc) is 2.88. The fourth-order valence-corrected chi connectivity index (χ4v) is 3.13. The number of nitrogens with zero attached hydrogens (tertiary/aromatic N) is 6. The van der Waals surface area contributed by atoms with Gasteiger partial charge in [-0.05, 0) is 32.9 Å². The molecule has 0 aliphatic carbocycles. The van der Waals surface area contributed by atoms with Crippen molar-refractivity contribution in [3.8, 4) is 0 Å². The van der Waals surface area contributed by atoms with E-state index >= 15 is 0 Å². The van der Waals surface area contributed by atoms with Crippen LogP contribution in [0.15, 0.2) is 24.5 Å². The molecular formula is C16H24N6. The molecule has 1 aliphatic heterocycles. The van der Waals surface area contributed by atoms with Crippen LogP contribution >= 0.6 is 0 Å². The van der Waals surface area contributed by atoms with Crippen LogP contribution in [0.5, 0.6) is 0 Å². The molecule has 0 N–H and O–H groups in total. The highest BCUT2D eigenvalue weighted by atomic mass is 15.3. The van der Waals surface area contributed by atoms with E-state index in [1.807, 2.05) is 6.07 Å². The second-order valence-electron chi connectivity index (χ2n) is 6.06. The van der Waals surface area contributed by atoms with Gasteiger partial charge in [0.2, 0.25) is 5.95 Å². The van der Waals surface area contributed by atoms with Crippen LogP contribution in [0, 0.1) is 13.8 Å². The summed E-state index contributed by atoms with van der Waals surface area (Å²) in [6.45, 7) is 11.5. The van der Waals surface area contributed by atoms with Gasteiger partial charge < -0.3 is 4.90 Å². The minimum Gasteiger partial charge on any atom is -0.338 e. The third kappa shape index (κ3) is 3.27. The van der Waals surface area contributed by atoms with Gasteiger partial charge in [0.05, 0.1) is 11.7 Å². The highest BCUT2D eigenvalue weighted by molar-refractivity contribution is 5.29. The summed E-state index contributed by atoms with van der Waals surface area (Å²) >= 11 is 0. The first-order valence-electron chi connectivity index (χ1n) is 7.90. The zero-order chi connectivity index (χ0) is 15.5. The lowest BCUT2D eigenvalue weighted by Crippen LogP contribution is -2.48. The molecule has 3 rings (SSSR count). The minimum atomic E-state index is 0.397. The van der Waals surface area contributed by atoms with Crippen LogP contribution in [0.3, 0.4) is 0 Å². The molecule has 1 unspecified atom stereocenters. The summed E-state index contributed by atoms with van der Waals surface area (Å²) in [4.78, 5) is 13.4. The molecule has 0 amide bonds. The Morgan fingerprint density at radius 1 is 1.09 bits per heavy atom. The fourth-order valence-electron chi connectivity index (χ4n) is 3.13. The van der Waals surface area contributed by atoms with Crippen LogP contribution in [-0.4, -0.2) is 57.4 Å². The van der Waals surface area contributed by atoms with E-state index in [-0.39, 0.29) is 0 Å². The largest absolute Gasteiger partial charge is 0.338 e. The Balaban J connectivity index is 1.55. The van der Waals surface area contributed by atoms with E-state index < -0.39 is 0 Å². The van der Waals surface area contributed by atoms with Crippen molar-refractivity contribution in [1.29, 1.82) is 0 Å². The molecule has 1 fully saturated rings. The summed E-state index contributed by atoms with van der Waals surface area (Å²) < 4.78 is 2.14. The lowest BCUT2D eigenvalue weighted by atomic mass is 10.2. The average molecular weight is 300 g/mol. The zero-order valence-corrected chi connectivity index (χ0v) is 13.6. The molecule has 1 aliphatic rings. The number of aromatic nitrogens is 4. The van der Waals surface area contributed by atoms with E-state index in [2.05, 4.69) is 56.4 Å². The van der Waals surface area contributed by atoms with Gasteiger partial charge in [0.15, 0.2) is 0 Å². The molecule has 0 aromatic carbocycles. The lowest BCUT2D eigenvalue weighted by Gasteiger charge is -2.36. The smallest absolute Gasteiger partial charge is 0.225 e. The first-order chi connectivity index (χ1) is 10.6. The minimum absolute atomic E-state index is 0.397. The summed E-state index contributed by atoms with van der Waals surface area (Å²) in [6.07, 6.45) is 3.61. The van der Waals surface area contributed by atoms with Gasteiger partial charge in [0, 0.05) is 50.8 Å². The predicted octanol–water partition coefficient (Wildman–Crippen LogP) is 1.67. The molecule has 1 saturated heterocycles. The van der Waals surface area contributed by atoms with E-state index in [0.717, 1.165) is 44.4 Å². The van der Waals surface area contributed by atoms with Gasteiger partial charge in [0.1, 0.15) is 0 Å². The van der Waals surface area contributed by atoms with Gasteiger partial charge in [0.25, 0.3) is 0 Å². The molecule has 0 spiro atoms. The van der Waals surface area contributed by atoms with Crippen LogP contribution < -0.4 is 4.90 Å². The second-order valence-corrected chi connectivity index (χ2v) is 6.06. The van der Waals surface area contributed by atoms with Crippen LogP contribution in [0.2, 0.25) is 0 Å². The standard InChI is InChI=1S/C16H24N6/c1-13-11-14(2)22(19-13)15(3)12-20-7-9-21(10-8-20)16-17-5-4-6-18-16/h4-6,11,15H,7-10,12H2,1-3H3. The van der Waals surface area contributed by atoms with Crippen LogP contribution in [0.1, 0.15) is 24.4 Å². The molecule has 2 aromatic heterocycles. The maximum absolute atomic E-state index is 4.60. The van der Waals surface area contributed by atoms with E-state index in [9.17, 15) is 0 Å². The van der Waals surface area contributed by atoms with Crippen molar-refractivity contribution in [3.63, 3.8) is 0 Å². The topological polar surface area (TPSA) is 50.1 Å². The maximum atomic E-state index is 4.60. The van der Waals surface area contributed by atoms with Gasteiger partial charge in [-0.1, -0.05) is 0 Å². The second kappa shape index (κ2) is 6.44. The van der Waals surface area contributed by atoms with Crippen LogP contribution in [0.25, 0.3) is 0 Å². The monoisotopic (exact) mass is 300 g/mol. The number of aryl methyl sites for hydroxylation is 2. The highest BCUT2D eigenvalue weighted by Gasteiger charge is 2.21. The Morgan fingerprint density at radius 3 is 2.36 bits per heavy atom. The molecule has 118 valence electrons. The van der Waals surface area contributed by atoms with E-state index in [1.165, 1.54) is 5.69 Å². The maximum Gasteiger partial charge on any atom is 0.225 e. The Kier molecular flexibility index (Phi) is 4.38. The van der Waals surface area contributed by atoms with Gasteiger partial charge in [-0.2, -0.15) is 5.10 Å². The van der Waals surface area contributed by atoms with Crippen molar-refractivity contribution in [1.82, 2.24) is 24.6 Å². The molecule has 0 bridgehead atoms. The quantitative estimate of drug-likeness (QED) is 0.860. The first-order valence-corrected chi connectivity index (χ1v) is 7.90. The van der Waals surface area contributed by atoms with Gasteiger partial charge >= 0.3 is 0 Å². The molecule has 22 heavy (non-hydrogen) atoms. The van der Waals surface area contributed by atoms with Gasteiger partial charge in [-0.25, -0.2) is 9.97 Å². The summed E-state index contributed by atoms with van der Waals surface area (Å²) in [5.74, 6) is 0.841. The molecule has 2 aromatic rings. The normalized spacial score (nSPS) is 17.7. The molecule has 1 atom stereocenters. The Hall–Kier alpha value is -1.95. The molecule has 3 heterocycles. The third-order valence-electron chi connectivity index (χ3n) is 4.19. The van der Waals surface area contributed by atoms with Gasteiger partial charge in [-0.3, -0.25) is 9.58 Å². The number of hydrogen-bond acceptors (Lipinski definition) is 5. The van der Waals surface area contributed by atoms with Crippen molar-refractivity contribution in [2.24, 2.45) is 0 Å². The lowest BCUT2D eigenvalue weighted by molar-refractivity contribution is 0.218. The summed E-state index contributed by atoms with van der Waals surface area (Å²) in [5, 5.41) is 4.60. The van der Waals surface area contributed by atoms with Gasteiger partial charge in [-0.15, -0.1) is 0 Å². The molecule has 0 saturated carbocycles. The van der Waals surface area contributed by atoms with E-state index in [4.69, 9.17) is 0 Å². The third-order valence-corrected chi connectivity index (χ3v) is 4.19. The number of hydrogen-bond donors (Lipinski definition) is 0. The fraction of sp³-hybridized carbons (Fsp3) is 0.562. The number of piperazine rings is 1. The number of anilines is 1. The summed E-state index contributed by atoms with van der Waals surface area (Å²) in [5.41, 5.74) is 2.33. The highest BCUT2D eigenvalue weighted by Crippen LogP contribution is 2.15. The van der Waals surface area contributed by atoms with Crippen molar-refractivity contribution in [2.75, 3.05) is 37.6 Å². The zero-order valence-electron chi connectivity index (χ0n) is 13.6. The van der Waals surface area contributed by atoms with Crippen molar-refractivity contribution in [2.45, 2.75) is 26.8 Å². The Bertz CT molecular complexity index is 600. The molecule has 0 radical (unpaired) electrons. The summed E-state index contributed by atoms with van der Waals surface area (Å²) in [6, 6.07) is 4.39. The molecule has 6 nitrogen and oxygen atoms in total. The van der Waals surface area contributed by atoms with E-state index in [0.29, 0.717) is 6.04 Å². The van der Waals surface area contributed by atoms with Crippen LogP contribution in [0.4, 0.5) is 5.95 Å². The van der Waals surface area contributed by atoms with Crippen molar-refractivity contribution >= 4 is 5.95 Å². The SMILES string of the molecule is Cc1cc(C)n(C(C)CN2CCN(c3ncccn3)CC2)n1. The van der Waals surface area contributed by atoms with Crippen LogP contribution in [-0.2, 0) is 0 Å². The Labute approximate surface area is 131 Å². The summed E-state index contributed by atoms with van der Waals surface area (Å²) in [7, 11) is 0. The first kappa shape index (κ1) is 15.0. The predicted molar refractivity (Wildman–Crippen MR) is 87.1 cm³/mol. The van der Waals surface area contributed by atoms with Crippen molar-refractivity contribution < 1.29 is 0 Å².